The second-order valence-corrected chi connectivity index (χ2v) is 5.85. The fourth-order valence-corrected chi connectivity index (χ4v) is 2.53. The predicted molar refractivity (Wildman–Crippen MR) is 79.8 cm³/mol. The quantitative estimate of drug-likeness (QED) is 0.896. The molecule has 1 atom stereocenters. The van der Waals surface area contributed by atoms with E-state index in [1.165, 1.54) is 0 Å². The Hall–Kier alpha value is -1.91. The molecular weight excluding hydrogens is 268 g/mol. The molecule has 1 saturated carbocycles. The second-order valence-electron chi connectivity index (χ2n) is 5.85. The summed E-state index contributed by atoms with van der Waals surface area (Å²) in [6, 6.07) is 6.02. The number of benzene rings is 1. The molecule has 5 nitrogen and oxygen atoms in total. The van der Waals surface area contributed by atoms with Crippen LogP contribution in [0, 0.1) is 0 Å². The van der Waals surface area contributed by atoms with Crippen molar-refractivity contribution in [3.63, 3.8) is 0 Å². The van der Waals surface area contributed by atoms with Gasteiger partial charge in [0.1, 0.15) is 13.2 Å². The molecule has 5 heteroatoms. The van der Waals surface area contributed by atoms with Crippen LogP contribution in [0.2, 0.25) is 0 Å². The monoisotopic (exact) mass is 290 g/mol. The zero-order valence-corrected chi connectivity index (χ0v) is 12.6. The Labute approximate surface area is 125 Å². The van der Waals surface area contributed by atoms with Crippen molar-refractivity contribution in [3.8, 4) is 11.5 Å². The molecule has 1 aliphatic heterocycles. The van der Waals surface area contributed by atoms with Crippen molar-refractivity contribution in [2.24, 2.45) is 0 Å². The van der Waals surface area contributed by atoms with Crippen LogP contribution in [0.1, 0.15) is 38.7 Å². The maximum Gasteiger partial charge on any atom is 0.315 e. The molecule has 1 heterocycles. The van der Waals surface area contributed by atoms with Crippen LogP contribution in [0.3, 0.4) is 0 Å². The van der Waals surface area contributed by atoms with Gasteiger partial charge in [0.2, 0.25) is 0 Å². The lowest BCUT2D eigenvalue weighted by Gasteiger charge is -2.23. The summed E-state index contributed by atoms with van der Waals surface area (Å²) in [4.78, 5) is 12.1. The minimum atomic E-state index is -0.243. The Morgan fingerprint density at radius 1 is 1.29 bits per heavy atom. The Morgan fingerprint density at radius 2 is 2.00 bits per heavy atom. The molecule has 2 amide bonds. The molecule has 0 aromatic heterocycles. The molecule has 0 radical (unpaired) electrons. The maximum atomic E-state index is 12.1. The van der Waals surface area contributed by atoms with E-state index in [2.05, 4.69) is 17.6 Å². The van der Waals surface area contributed by atoms with Crippen molar-refractivity contribution >= 4 is 6.03 Å². The third-order valence-corrected chi connectivity index (χ3v) is 4.19. The van der Waals surface area contributed by atoms with Crippen molar-refractivity contribution in [3.05, 3.63) is 23.8 Å². The molecular formula is C16H22N2O3. The Balaban J connectivity index is 1.72. The summed E-state index contributed by atoms with van der Waals surface area (Å²) in [5, 5.41) is 6.06. The van der Waals surface area contributed by atoms with E-state index < -0.39 is 0 Å². The van der Waals surface area contributed by atoms with Crippen molar-refractivity contribution in [2.45, 2.75) is 44.7 Å². The highest BCUT2D eigenvalue weighted by atomic mass is 16.6. The third kappa shape index (κ3) is 2.91. The van der Waals surface area contributed by atoms with E-state index in [1.807, 2.05) is 25.1 Å². The molecule has 3 rings (SSSR count). The molecule has 2 N–H and O–H groups in total. The first-order chi connectivity index (χ1) is 10.1. The lowest BCUT2D eigenvalue weighted by molar-refractivity contribution is 0.171. The van der Waals surface area contributed by atoms with Crippen molar-refractivity contribution < 1.29 is 14.3 Å². The summed E-state index contributed by atoms with van der Waals surface area (Å²) in [6.07, 6.45) is 2.84. The Morgan fingerprint density at radius 3 is 2.67 bits per heavy atom. The lowest BCUT2D eigenvalue weighted by Crippen LogP contribution is -2.45. The van der Waals surface area contributed by atoms with Gasteiger partial charge in [-0.3, -0.25) is 0 Å². The number of nitrogens with one attached hydrogen (secondary N) is 2. The molecule has 114 valence electrons. The molecule has 1 aromatic rings. The van der Waals surface area contributed by atoms with Crippen LogP contribution in [0.4, 0.5) is 4.79 Å². The van der Waals surface area contributed by atoms with E-state index in [0.717, 1.165) is 36.3 Å². The molecule has 1 aliphatic carbocycles. The van der Waals surface area contributed by atoms with Crippen LogP contribution in [-0.4, -0.2) is 25.3 Å². The van der Waals surface area contributed by atoms with Crippen LogP contribution < -0.4 is 20.1 Å². The first kappa shape index (κ1) is 14.0. The number of ether oxygens (including phenoxy) is 2. The summed E-state index contributed by atoms with van der Waals surface area (Å²) >= 11 is 0. The SMILES string of the molecule is CCC(C)NC(=O)NC1(c2ccc3c(c2)OCCO3)CC1. The van der Waals surface area contributed by atoms with Crippen molar-refractivity contribution in [1.82, 2.24) is 10.6 Å². The number of hydrogen-bond acceptors (Lipinski definition) is 3. The summed E-state index contributed by atoms with van der Waals surface area (Å²) in [5.41, 5.74) is 0.846. The van der Waals surface area contributed by atoms with Gasteiger partial charge in [-0.1, -0.05) is 13.0 Å². The number of carbonyl (C=O) groups excluding carboxylic acids is 1. The molecule has 0 saturated heterocycles. The standard InChI is InChI=1S/C16H22N2O3/c1-3-11(2)17-15(19)18-16(6-7-16)12-4-5-13-14(10-12)21-9-8-20-13/h4-5,10-11H,3,6-9H2,1-2H3,(H2,17,18,19). The van der Waals surface area contributed by atoms with Gasteiger partial charge in [-0.05, 0) is 43.9 Å². The van der Waals surface area contributed by atoms with Gasteiger partial charge in [0, 0.05) is 6.04 Å². The zero-order chi connectivity index (χ0) is 14.9. The Bertz CT molecular complexity index is 540. The Kier molecular flexibility index (Phi) is 3.66. The normalized spacial score (nSPS) is 19.5. The molecule has 1 aromatic carbocycles. The van der Waals surface area contributed by atoms with Gasteiger partial charge in [0.15, 0.2) is 11.5 Å². The molecule has 21 heavy (non-hydrogen) atoms. The minimum Gasteiger partial charge on any atom is -0.486 e. The highest BCUT2D eigenvalue weighted by Crippen LogP contribution is 2.47. The second kappa shape index (κ2) is 5.47. The van der Waals surface area contributed by atoms with E-state index in [-0.39, 0.29) is 17.6 Å². The van der Waals surface area contributed by atoms with Gasteiger partial charge in [-0.25, -0.2) is 4.79 Å². The van der Waals surface area contributed by atoms with Gasteiger partial charge >= 0.3 is 6.03 Å². The van der Waals surface area contributed by atoms with Crippen LogP contribution in [0.5, 0.6) is 11.5 Å². The summed E-state index contributed by atoms with van der Waals surface area (Å²) < 4.78 is 11.2. The fraction of sp³-hybridized carbons (Fsp3) is 0.562. The van der Waals surface area contributed by atoms with E-state index >= 15 is 0 Å². The van der Waals surface area contributed by atoms with Gasteiger partial charge in [-0.15, -0.1) is 0 Å². The third-order valence-electron chi connectivity index (χ3n) is 4.19. The summed E-state index contributed by atoms with van der Waals surface area (Å²) in [5.74, 6) is 1.55. The average molecular weight is 290 g/mol. The largest absolute Gasteiger partial charge is 0.486 e. The van der Waals surface area contributed by atoms with Gasteiger partial charge in [0.25, 0.3) is 0 Å². The van der Waals surface area contributed by atoms with Crippen LogP contribution in [-0.2, 0) is 5.54 Å². The minimum absolute atomic E-state index is 0.100. The topological polar surface area (TPSA) is 59.6 Å². The molecule has 0 spiro atoms. The highest BCUT2D eigenvalue weighted by Gasteiger charge is 2.46. The fourth-order valence-electron chi connectivity index (χ4n) is 2.53. The van der Waals surface area contributed by atoms with Crippen LogP contribution in [0.25, 0.3) is 0 Å². The molecule has 1 unspecified atom stereocenters. The first-order valence-electron chi connectivity index (χ1n) is 7.62. The van der Waals surface area contributed by atoms with E-state index in [0.29, 0.717) is 13.2 Å². The molecule has 1 fully saturated rings. The maximum absolute atomic E-state index is 12.1. The highest BCUT2D eigenvalue weighted by molar-refractivity contribution is 5.76. The van der Waals surface area contributed by atoms with Gasteiger partial charge in [0.05, 0.1) is 5.54 Å². The van der Waals surface area contributed by atoms with Crippen LogP contribution >= 0.6 is 0 Å². The number of rotatable bonds is 4. The molecule has 0 bridgehead atoms. The van der Waals surface area contributed by atoms with Crippen molar-refractivity contribution in [1.29, 1.82) is 0 Å². The van der Waals surface area contributed by atoms with Gasteiger partial charge < -0.3 is 20.1 Å². The van der Waals surface area contributed by atoms with Crippen molar-refractivity contribution in [2.75, 3.05) is 13.2 Å². The first-order valence-corrected chi connectivity index (χ1v) is 7.62. The molecule has 2 aliphatic rings. The average Bonchev–Trinajstić information content (AvgIpc) is 3.27. The number of hydrogen-bond donors (Lipinski definition) is 2. The summed E-state index contributed by atoms with van der Waals surface area (Å²) in [6.45, 7) is 5.22. The number of urea groups is 1. The van der Waals surface area contributed by atoms with E-state index in [4.69, 9.17) is 9.47 Å². The predicted octanol–water partition coefficient (Wildman–Crippen LogP) is 2.54. The lowest BCUT2D eigenvalue weighted by atomic mass is 10.0. The smallest absolute Gasteiger partial charge is 0.315 e. The van der Waals surface area contributed by atoms with E-state index in [1.54, 1.807) is 0 Å². The van der Waals surface area contributed by atoms with E-state index in [9.17, 15) is 4.79 Å². The number of amides is 2. The zero-order valence-electron chi connectivity index (χ0n) is 12.6. The summed E-state index contributed by atoms with van der Waals surface area (Å²) in [7, 11) is 0. The van der Waals surface area contributed by atoms with Gasteiger partial charge in [-0.2, -0.15) is 0 Å². The van der Waals surface area contributed by atoms with Crippen LogP contribution in [0.15, 0.2) is 18.2 Å². The number of carbonyl (C=O) groups is 1. The number of fused-ring (bicyclic) bond motifs is 1.